The minimum Gasteiger partial charge on any atom is -0.362 e. The first kappa shape index (κ1) is 13.0. The molecule has 1 aromatic carbocycles. The van der Waals surface area contributed by atoms with E-state index >= 15 is 0 Å². The Kier molecular flexibility index (Phi) is 3.68. The monoisotopic (exact) mass is 282 g/mol. The molecule has 2 aromatic rings. The van der Waals surface area contributed by atoms with Crippen molar-refractivity contribution in [1.29, 1.82) is 0 Å². The van der Waals surface area contributed by atoms with E-state index in [1.807, 2.05) is 12.3 Å². The van der Waals surface area contributed by atoms with Crippen molar-refractivity contribution < 1.29 is 8.42 Å². The Hall–Kier alpha value is -1.40. The summed E-state index contributed by atoms with van der Waals surface area (Å²) in [5, 5.41) is 5.97. The van der Waals surface area contributed by atoms with Gasteiger partial charge in [0.05, 0.1) is 10.6 Å². The topological polar surface area (TPSA) is 59.1 Å². The van der Waals surface area contributed by atoms with Gasteiger partial charge in [-0.05, 0) is 19.1 Å². The molecule has 0 spiro atoms. The Bertz CT molecular complexity index is 630. The van der Waals surface area contributed by atoms with Crippen molar-refractivity contribution in [3.8, 4) is 11.3 Å². The fourth-order valence-electron chi connectivity index (χ4n) is 1.51. The van der Waals surface area contributed by atoms with Gasteiger partial charge in [0, 0.05) is 23.7 Å². The van der Waals surface area contributed by atoms with Gasteiger partial charge in [-0.25, -0.2) is 13.4 Å². The van der Waals surface area contributed by atoms with Crippen molar-refractivity contribution in [2.45, 2.75) is 11.8 Å². The van der Waals surface area contributed by atoms with Crippen LogP contribution in [-0.4, -0.2) is 26.2 Å². The average Bonchev–Trinajstić information content (AvgIpc) is 2.77. The third-order valence-electron chi connectivity index (χ3n) is 2.41. The summed E-state index contributed by atoms with van der Waals surface area (Å²) in [6.07, 6.45) is 1.20. The van der Waals surface area contributed by atoms with Crippen LogP contribution in [0.1, 0.15) is 6.92 Å². The standard InChI is InChI=1S/C12H14N2O2S2/c1-3-13-12-14-11(8-17-12)9-4-6-10(7-5-9)18(2,15)16/h4-8H,3H2,1-2H3,(H,13,14). The minimum absolute atomic E-state index is 0.327. The number of sulfone groups is 1. The summed E-state index contributed by atoms with van der Waals surface area (Å²) in [6.45, 7) is 2.85. The first-order valence-corrected chi connectivity index (χ1v) is 8.27. The second kappa shape index (κ2) is 5.07. The van der Waals surface area contributed by atoms with Gasteiger partial charge in [0.15, 0.2) is 15.0 Å². The molecule has 6 heteroatoms. The number of benzene rings is 1. The number of nitrogens with one attached hydrogen (secondary N) is 1. The second-order valence-corrected chi connectivity index (χ2v) is 6.74. The smallest absolute Gasteiger partial charge is 0.183 e. The summed E-state index contributed by atoms with van der Waals surface area (Å²) in [5.41, 5.74) is 1.78. The molecule has 4 nitrogen and oxygen atoms in total. The highest BCUT2D eigenvalue weighted by molar-refractivity contribution is 7.90. The van der Waals surface area contributed by atoms with Gasteiger partial charge in [0.25, 0.3) is 0 Å². The number of nitrogens with zero attached hydrogens (tertiary/aromatic N) is 1. The van der Waals surface area contributed by atoms with Gasteiger partial charge in [0.2, 0.25) is 0 Å². The minimum atomic E-state index is -3.14. The molecule has 96 valence electrons. The maximum Gasteiger partial charge on any atom is 0.183 e. The molecule has 2 rings (SSSR count). The molecule has 0 atom stereocenters. The van der Waals surface area contributed by atoms with Crippen molar-refractivity contribution >= 4 is 26.3 Å². The Morgan fingerprint density at radius 3 is 2.50 bits per heavy atom. The number of anilines is 1. The van der Waals surface area contributed by atoms with Gasteiger partial charge >= 0.3 is 0 Å². The van der Waals surface area contributed by atoms with Gasteiger partial charge in [-0.1, -0.05) is 12.1 Å². The zero-order valence-electron chi connectivity index (χ0n) is 10.2. The lowest BCUT2D eigenvalue weighted by Gasteiger charge is -2.00. The number of hydrogen-bond acceptors (Lipinski definition) is 5. The summed E-state index contributed by atoms with van der Waals surface area (Å²) >= 11 is 1.54. The molecule has 1 heterocycles. The molecular weight excluding hydrogens is 268 g/mol. The normalized spacial score (nSPS) is 11.4. The highest BCUT2D eigenvalue weighted by Gasteiger charge is 2.08. The van der Waals surface area contributed by atoms with E-state index in [4.69, 9.17) is 0 Å². The number of rotatable bonds is 4. The summed E-state index contributed by atoms with van der Waals surface area (Å²) < 4.78 is 22.7. The lowest BCUT2D eigenvalue weighted by molar-refractivity contribution is 0.602. The third kappa shape index (κ3) is 2.88. The summed E-state index contributed by atoms with van der Waals surface area (Å²) in [5.74, 6) is 0. The molecule has 1 aromatic heterocycles. The first-order valence-electron chi connectivity index (χ1n) is 5.50. The van der Waals surface area contributed by atoms with E-state index in [-0.39, 0.29) is 0 Å². The summed E-state index contributed by atoms with van der Waals surface area (Å²) in [6, 6.07) is 6.77. The van der Waals surface area contributed by atoms with Crippen LogP contribution in [-0.2, 0) is 9.84 Å². The Morgan fingerprint density at radius 2 is 1.94 bits per heavy atom. The van der Waals surface area contributed by atoms with Crippen LogP contribution in [0, 0.1) is 0 Å². The van der Waals surface area contributed by atoms with Gasteiger partial charge in [-0.2, -0.15) is 0 Å². The fourth-order valence-corrected chi connectivity index (χ4v) is 2.93. The fraction of sp³-hybridized carbons (Fsp3) is 0.250. The van der Waals surface area contributed by atoms with Crippen molar-refractivity contribution in [2.24, 2.45) is 0 Å². The second-order valence-electron chi connectivity index (χ2n) is 3.86. The van der Waals surface area contributed by atoms with E-state index < -0.39 is 9.84 Å². The molecule has 0 aliphatic rings. The maximum atomic E-state index is 11.3. The average molecular weight is 282 g/mol. The molecule has 0 fully saturated rings. The van der Waals surface area contributed by atoms with Crippen LogP contribution >= 0.6 is 11.3 Å². The molecule has 0 saturated heterocycles. The van der Waals surface area contributed by atoms with E-state index in [0.717, 1.165) is 22.9 Å². The van der Waals surface area contributed by atoms with Gasteiger partial charge in [-0.15, -0.1) is 11.3 Å². The molecule has 18 heavy (non-hydrogen) atoms. The third-order valence-corrected chi connectivity index (χ3v) is 4.34. The van der Waals surface area contributed by atoms with Crippen LogP contribution in [0.5, 0.6) is 0 Å². The van der Waals surface area contributed by atoms with Gasteiger partial charge in [0.1, 0.15) is 0 Å². The van der Waals surface area contributed by atoms with E-state index in [1.54, 1.807) is 24.3 Å². The van der Waals surface area contributed by atoms with E-state index in [1.165, 1.54) is 17.6 Å². The summed E-state index contributed by atoms with van der Waals surface area (Å²) in [7, 11) is -3.14. The molecule has 1 N–H and O–H groups in total. The maximum absolute atomic E-state index is 11.3. The van der Waals surface area contributed by atoms with Crippen LogP contribution in [0.3, 0.4) is 0 Å². The number of hydrogen-bond donors (Lipinski definition) is 1. The van der Waals surface area contributed by atoms with Crippen molar-refractivity contribution in [1.82, 2.24) is 4.98 Å². The molecule has 0 aliphatic carbocycles. The molecule has 0 bridgehead atoms. The molecule has 0 unspecified atom stereocenters. The Balaban J connectivity index is 2.28. The first-order chi connectivity index (χ1) is 8.50. The van der Waals surface area contributed by atoms with Crippen LogP contribution in [0.15, 0.2) is 34.5 Å². The molecular formula is C12H14N2O2S2. The van der Waals surface area contributed by atoms with Crippen LogP contribution in [0.4, 0.5) is 5.13 Å². The predicted molar refractivity (Wildman–Crippen MR) is 74.8 cm³/mol. The highest BCUT2D eigenvalue weighted by Crippen LogP contribution is 2.25. The Labute approximate surface area is 111 Å². The predicted octanol–water partition coefficient (Wildman–Crippen LogP) is 2.65. The van der Waals surface area contributed by atoms with Gasteiger partial charge in [-0.3, -0.25) is 0 Å². The van der Waals surface area contributed by atoms with Crippen LogP contribution in [0.25, 0.3) is 11.3 Å². The SMILES string of the molecule is CCNc1nc(-c2ccc(S(C)(=O)=O)cc2)cs1. The van der Waals surface area contributed by atoms with E-state index in [9.17, 15) is 8.42 Å². The zero-order chi connectivity index (χ0) is 13.2. The van der Waals surface area contributed by atoms with Crippen LogP contribution < -0.4 is 5.32 Å². The van der Waals surface area contributed by atoms with Crippen molar-refractivity contribution in [3.63, 3.8) is 0 Å². The quantitative estimate of drug-likeness (QED) is 0.936. The van der Waals surface area contributed by atoms with Crippen molar-refractivity contribution in [3.05, 3.63) is 29.6 Å². The van der Waals surface area contributed by atoms with Crippen molar-refractivity contribution in [2.75, 3.05) is 18.1 Å². The van der Waals surface area contributed by atoms with Gasteiger partial charge < -0.3 is 5.32 Å². The lowest BCUT2D eigenvalue weighted by atomic mass is 10.2. The van der Waals surface area contributed by atoms with Crippen LogP contribution in [0.2, 0.25) is 0 Å². The molecule has 0 aliphatic heterocycles. The Morgan fingerprint density at radius 1 is 1.28 bits per heavy atom. The van der Waals surface area contributed by atoms with E-state index in [2.05, 4.69) is 10.3 Å². The molecule has 0 saturated carbocycles. The number of aromatic nitrogens is 1. The molecule has 0 radical (unpaired) electrons. The largest absolute Gasteiger partial charge is 0.362 e. The number of thiazole rings is 1. The lowest BCUT2D eigenvalue weighted by Crippen LogP contribution is -1.96. The summed E-state index contributed by atoms with van der Waals surface area (Å²) in [4.78, 5) is 4.75. The zero-order valence-corrected chi connectivity index (χ0v) is 11.8. The van der Waals surface area contributed by atoms with E-state index in [0.29, 0.717) is 4.90 Å². The highest BCUT2D eigenvalue weighted by atomic mass is 32.2. The molecule has 0 amide bonds.